The Bertz CT molecular complexity index is 1570. The number of methoxy groups -OCH3 is 1. The summed E-state index contributed by atoms with van der Waals surface area (Å²) in [7, 11) is 1.51. The first-order chi connectivity index (χ1) is 17.8. The monoisotopic (exact) mass is 628 g/mol. The van der Waals surface area contributed by atoms with Gasteiger partial charge in [-0.1, -0.05) is 35.0 Å². The van der Waals surface area contributed by atoms with Crippen LogP contribution in [0.2, 0.25) is 0 Å². The first kappa shape index (κ1) is 26.5. The molecule has 9 nitrogen and oxygen atoms in total. The first-order valence-electron chi connectivity index (χ1n) is 11.3. The second-order valence-corrected chi connectivity index (χ2v) is 9.82. The summed E-state index contributed by atoms with van der Waals surface area (Å²) in [5.41, 5.74) is 1.67. The van der Waals surface area contributed by atoms with Crippen LogP contribution in [-0.4, -0.2) is 27.9 Å². The van der Waals surface area contributed by atoms with Gasteiger partial charge in [0.2, 0.25) is 0 Å². The van der Waals surface area contributed by atoms with Gasteiger partial charge in [0.15, 0.2) is 11.5 Å². The van der Waals surface area contributed by atoms with Crippen LogP contribution in [0.3, 0.4) is 0 Å². The number of aryl methyl sites for hydroxylation is 1. The average molecular weight is 630 g/mol. The van der Waals surface area contributed by atoms with Crippen LogP contribution in [0.5, 0.6) is 11.5 Å². The third-order valence-corrected chi connectivity index (χ3v) is 6.51. The van der Waals surface area contributed by atoms with Gasteiger partial charge in [-0.25, -0.2) is 4.98 Å². The minimum atomic E-state index is -0.449. The Balaban J connectivity index is 1.65. The molecule has 0 radical (unpaired) electrons. The third kappa shape index (κ3) is 6.05. The number of nitro groups is 1. The van der Waals surface area contributed by atoms with Crippen LogP contribution in [0.1, 0.15) is 30.3 Å². The zero-order valence-electron chi connectivity index (χ0n) is 20.0. The van der Waals surface area contributed by atoms with Crippen LogP contribution < -0.4 is 15.0 Å². The molecule has 0 N–H and O–H groups in total. The zero-order chi connectivity index (χ0) is 26.5. The van der Waals surface area contributed by atoms with Crippen LogP contribution in [0.4, 0.5) is 5.69 Å². The summed E-state index contributed by atoms with van der Waals surface area (Å²) in [6, 6.07) is 15.1. The molecule has 0 amide bonds. The summed E-state index contributed by atoms with van der Waals surface area (Å²) in [5.74, 6) is 1.44. The topological polar surface area (TPSA) is 109 Å². The van der Waals surface area contributed by atoms with Gasteiger partial charge in [-0.15, -0.1) is 0 Å². The average Bonchev–Trinajstić information content (AvgIpc) is 2.88. The van der Waals surface area contributed by atoms with Gasteiger partial charge in [0.25, 0.3) is 11.2 Å². The van der Waals surface area contributed by atoms with E-state index in [9.17, 15) is 14.9 Å². The second kappa shape index (κ2) is 11.7. The molecule has 11 heteroatoms. The molecule has 1 aromatic heterocycles. The maximum absolute atomic E-state index is 13.2. The number of hydrogen-bond donors (Lipinski definition) is 0. The molecule has 3 aromatic carbocycles. The van der Waals surface area contributed by atoms with Crippen molar-refractivity contribution in [1.82, 2.24) is 9.66 Å². The fourth-order valence-electron chi connectivity index (χ4n) is 3.69. The number of ether oxygens (including phenoxy) is 2. The van der Waals surface area contributed by atoms with Gasteiger partial charge in [0.1, 0.15) is 12.4 Å². The molecular weight excluding hydrogens is 608 g/mol. The highest BCUT2D eigenvalue weighted by atomic mass is 79.9. The fraction of sp³-hybridized carbons (Fsp3) is 0.192. The highest BCUT2D eigenvalue weighted by molar-refractivity contribution is 9.10. The summed E-state index contributed by atoms with van der Waals surface area (Å²) in [4.78, 5) is 28.5. The minimum Gasteiger partial charge on any atom is -0.493 e. The number of aromatic nitrogens is 2. The summed E-state index contributed by atoms with van der Waals surface area (Å²) >= 11 is 6.92. The molecule has 0 unspecified atom stereocenters. The Morgan fingerprint density at radius 1 is 1.16 bits per heavy atom. The largest absolute Gasteiger partial charge is 0.493 e. The quantitative estimate of drug-likeness (QED) is 0.123. The van der Waals surface area contributed by atoms with Crippen molar-refractivity contribution in [1.29, 1.82) is 0 Å². The highest BCUT2D eigenvalue weighted by Gasteiger charge is 2.14. The maximum atomic E-state index is 13.2. The molecular formula is C26H22Br2N4O5. The van der Waals surface area contributed by atoms with E-state index in [0.29, 0.717) is 50.2 Å². The summed E-state index contributed by atoms with van der Waals surface area (Å²) in [6.07, 6.45) is 2.96. The van der Waals surface area contributed by atoms with Crippen LogP contribution in [0.15, 0.2) is 73.4 Å². The molecule has 0 saturated heterocycles. The van der Waals surface area contributed by atoms with Crippen LogP contribution in [0, 0.1) is 10.1 Å². The molecule has 0 aliphatic heterocycles. The SMILES string of the molecule is CCCc1nc2ccc(Br)cc2c(=O)n1N=Cc1cc(Br)c(OCc2cccc([N+](=O)[O-])c2)c(OC)c1. The number of non-ortho nitro benzene ring substituents is 1. The van der Waals surface area contributed by atoms with Crippen molar-refractivity contribution in [3.8, 4) is 11.5 Å². The molecule has 1 heterocycles. The standard InChI is InChI=1S/C26H22Br2N4O5/c1-3-5-24-30-22-9-8-18(27)13-20(22)26(33)31(24)29-14-17-11-21(28)25(23(12-17)36-2)37-15-16-6-4-7-19(10-16)32(34)35/h4,6-14H,3,5,15H2,1-2H3. The van der Waals surface area contributed by atoms with Gasteiger partial charge >= 0.3 is 0 Å². The van der Waals surface area contributed by atoms with Crippen molar-refractivity contribution in [2.75, 3.05) is 7.11 Å². The number of nitro benzene ring substituents is 1. The number of halogens is 2. The Morgan fingerprint density at radius 2 is 1.97 bits per heavy atom. The molecule has 0 aliphatic rings. The van der Waals surface area contributed by atoms with Crippen molar-refractivity contribution >= 4 is 54.7 Å². The van der Waals surface area contributed by atoms with Crippen molar-refractivity contribution < 1.29 is 14.4 Å². The molecule has 4 aromatic rings. The Kier molecular flexibility index (Phi) is 8.34. The predicted molar refractivity (Wildman–Crippen MR) is 149 cm³/mol. The molecule has 0 saturated carbocycles. The lowest BCUT2D eigenvalue weighted by molar-refractivity contribution is -0.384. The molecule has 0 atom stereocenters. The van der Waals surface area contributed by atoms with Crippen molar-refractivity contribution in [2.24, 2.45) is 5.10 Å². The Labute approximate surface area is 229 Å². The van der Waals surface area contributed by atoms with E-state index in [2.05, 4.69) is 41.9 Å². The first-order valence-corrected chi connectivity index (χ1v) is 12.9. The normalized spacial score (nSPS) is 11.2. The second-order valence-electron chi connectivity index (χ2n) is 8.05. The fourth-order valence-corrected chi connectivity index (χ4v) is 4.63. The van der Waals surface area contributed by atoms with Gasteiger partial charge in [-0.3, -0.25) is 14.9 Å². The smallest absolute Gasteiger partial charge is 0.282 e. The number of hydrogen-bond acceptors (Lipinski definition) is 7. The van der Waals surface area contributed by atoms with Crippen molar-refractivity contribution in [3.05, 3.63) is 101 Å². The van der Waals surface area contributed by atoms with Crippen molar-refractivity contribution in [2.45, 2.75) is 26.4 Å². The lowest BCUT2D eigenvalue weighted by Crippen LogP contribution is -2.22. The number of rotatable bonds is 9. The van der Waals surface area contributed by atoms with Crippen molar-refractivity contribution in [3.63, 3.8) is 0 Å². The van der Waals surface area contributed by atoms with E-state index in [1.807, 2.05) is 19.1 Å². The predicted octanol–water partition coefficient (Wildman–Crippen LogP) is 6.25. The van der Waals surface area contributed by atoms with E-state index in [1.165, 1.54) is 23.9 Å². The molecule has 4 rings (SSSR count). The highest BCUT2D eigenvalue weighted by Crippen LogP contribution is 2.37. The number of fused-ring (bicyclic) bond motifs is 1. The Morgan fingerprint density at radius 3 is 2.70 bits per heavy atom. The molecule has 190 valence electrons. The molecule has 0 spiro atoms. The number of benzene rings is 3. The summed E-state index contributed by atoms with van der Waals surface area (Å²) < 4.78 is 14.1. The van der Waals surface area contributed by atoms with E-state index >= 15 is 0 Å². The molecule has 0 fully saturated rings. The minimum absolute atomic E-state index is 0.00749. The number of nitrogens with zero attached hydrogens (tertiary/aromatic N) is 4. The van der Waals surface area contributed by atoms with Gasteiger partial charge in [0, 0.05) is 23.0 Å². The molecule has 37 heavy (non-hydrogen) atoms. The lowest BCUT2D eigenvalue weighted by atomic mass is 10.2. The van der Waals surface area contributed by atoms with Crippen LogP contribution >= 0.6 is 31.9 Å². The van der Waals surface area contributed by atoms with Crippen LogP contribution in [0.25, 0.3) is 10.9 Å². The van der Waals surface area contributed by atoms with E-state index < -0.39 is 4.92 Å². The summed E-state index contributed by atoms with van der Waals surface area (Å²) in [6.45, 7) is 2.12. The summed E-state index contributed by atoms with van der Waals surface area (Å²) in [5, 5.41) is 16.0. The van der Waals surface area contributed by atoms with Gasteiger partial charge in [-0.2, -0.15) is 9.78 Å². The molecule has 0 bridgehead atoms. The van der Waals surface area contributed by atoms with Gasteiger partial charge in [-0.05, 0) is 63.8 Å². The maximum Gasteiger partial charge on any atom is 0.282 e. The van der Waals surface area contributed by atoms with E-state index in [4.69, 9.17) is 9.47 Å². The molecule has 0 aliphatic carbocycles. The van der Waals surface area contributed by atoms with Crippen LogP contribution in [-0.2, 0) is 13.0 Å². The Hall–Kier alpha value is -3.57. The third-order valence-electron chi connectivity index (χ3n) is 5.43. The van der Waals surface area contributed by atoms with E-state index in [-0.39, 0.29) is 17.9 Å². The lowest BCUT2D eigenvalue weighted by Gasteiger charge is -2.14. The van der Waals surface area contributed by atoms with E-state index in [0.717, 1.165) is 10.9 Å². The zero-order valence-corrected chi connectivity index (χ0v) is 23.2. The van der Waals surface area contributed by atoms with Gasteiger partial charge in [0.05, 0.1) is 33.6 Å². The van der Waals surface area contributed by atoms with E-state index in [1.54, 1.807) is 36.5 Å². The van der Waals surface area contributed by atoms with Gasteiger partial charge < -0.3 is 9.47 Å².